The van der Waals surface area contributed by atoms with Crippen molar-refractivity contribution < 1.29 is 19.2 Å². The molecule has 120 valence electrons. The van der Waals surface area contributed by atoms with Gasteiger partial charge >= 0.3 is 5.97 Å². The van der Waals surface area contributed by atoms with Crippen molar-refractivity contribution in [3.05, 3.63) is 67.7 Å². The van der Waals surface area contributed by atoms with Crippen molar-refractivity contribution >= 4 is 34.9 Å². The number of methoxy groups -OCH3 is 1. The zero-order valence-corrected chi connectivity index (χ0v) is 13.4. The Kier molecular flexibility index (Phi) is 5.41. The first-order valence-corrected chi connectivity index (χ1v) is 7.12. The van der Waals surface area contributed by atoms with Crippen LogP contribution < -0.4 is 4.74 Å². The molecule has 6 nitrogen and oxygen atoms in total. The van der Waals surface area contributed by atoms with Gasteiger partial charge in [0.25, 0.3) is 5.69 Å². The molecule has 0 bridgehead atoms. The Bertz CT molecular complexity index is 743. The molecule has 0 saturated carbocycles. The van der Waals surface area contributed by atoms with E-state index < -0.39 is 10.9 Å². The number of hydrogen-bond acceptors (Lipinski definition) is 5. The predicted octanol–water partition coefficient (Wildman–Crippen LogP) is 4.27. The van der Waals surface area contributed by atoms with Gasteiger partial charge in [-0.3, -0.25) is 10.1 Å². The molecule has 0 radical (unpaired) electrons. The van der Waals surface area contributed by atoms with Crippen LogP contribution in [0.1, 0.15) is 15.9 Å². The molecule has 8 heteroatoms. The number of halogens is 2. The van der Waals surface area contributed by atoms with Crippen LogP contribution in [-0.4, -0.2) is 18.0 Å². The zero-order chi connectivity index (χ0) is 17.0. The molecule has 0 N–H and O–H groups in total. The number of non-ortho nitro benzene ring substituents is 1. The summed E-state index contributed by atoms with van der Waals surface area (Å²) in [6.45, 7) is 0.000309. The third-order valence-electron chi connectivity index (χ3n) is 3.01. The van der Waals surface area contributed by atoms with Crippen molar-refractivity contribution in [1.29, 1.82) is 0 Å². The average Bonchev–Trinajstić information content (AvgIpc) is 2.53. The van der Waals surface area contributed by atoms with Crippen LogP contribution in [0.4, 0.5) is 5.69 Å². The summed E-state index contributed by atoms with van der Waals surface area (Å²) in [6, 6.07) is 8.66. The molecule has 2 rings (SSSR count). The predicted molar refractivity (Wildman–Crippen MR) is 85.2 cm³/mol. The van der Waals surface area contributed by atoms with E-state index in [0.29, 0.717) is 15.6 Å². The summed E-state index contributed by atoms with van der Waals surface area (Å²) in [5.41, 5.74) is 0.253. The highest BCUT2D eigenvalue weighted by Gasteiger charge is 2.19. The number of ether oxygens (including phenoxy) is 2. The van der Waals surface area contributed by atoms with E-state index >= 15 is 0 Å². The summed E-state index contributed by atoms with van der Waals surface area (Å²) >= 11 is 12.1. The van der Waals surface area contributed by atoms with Gasteiger partial charge in [0.1, 0.15) is 17.9 Å². The molecular formula is C15H11Cl2NO5. The quantitative estimate of drug-likeness (QED) is 0.454. The lowest BCUT2D eigenvalue weighted by atomic mass is 10.1. The van der Waals surface area contributed by atoms with Gasteiger partial charge in [0, 0.05) is 27.7 Å². The summed E-state index contributed by atoms with van der Waals surface area (Å²) in [5.74, 6) is -0.604. The molecule has 0 heterocycles. The average molecular weight is 356 g/mol. The van der Waals surface area contributed by atoms with Gasteiger partial charge in [-0.05, 0) is 18.2 Å². The summed E-state index contributed by atoms with van der Waals surface area (Å²) in [7, 11) is 1.18. The molecule has 0 aliphatic rings. The Hall–Kier alpha value is -2.31. The van der Waals surface area contributed by atoms with Gasteiger partial charge in [0.2, 0.25) is 0 Å². The van der Waals surface area contributed by atoms with Gasteiger partial charge in [-0.2, -0.15) is 0 Å². The number of hydrogen-bond donors (Lipinski definition) is 0. The van der Waals surface area contributed by atoms with E-state index in [2.05, 4.69) is 4.74 Å². The molecule has 0 fully saturated rings. The van der Waals surface area contributed by atoms with Gasteiger partial charge in [0.15, 0.2) is 0 Å². The molecule has 0 aliphatic heterocycles. The highest BCUT2D eigenvalue weighted by atomic mass is 35.5. The molecule has 2 aromatic rings. The first-order valence-electron chi connectivity index (χ1n) is 6.36. The zero-order valence-electron chi connectivity index (χ0n) is 11.9. The van der Waals surface area contributed by atoms with Crippen LogP contribution in [-0.2, 0) is 11.3 Å². The Labute approximate surface area is 141 Å². The van der Waals surface area contributed by atoms with Gasteiger partial charge < -0.3 is 9.47 Å². The van der Waals surface area contributed by atoms with E-state index in [1.807, 2.05) is 0 Å². The molecular weight excluding hydrogens is 345 g/mol. The largest absolute Gasteiger partial charge is 0.488 e. The fourth-order valence-corrected chi connectivity index (χ4v) is 2.35. The maximum atomic E-state index is 11.8. The van der Waals surface area contributed by atoms with Crippen molar-refractivity contribution in [2.75, 3.05) is 7.11 Å². The van der Waals surface area contributed by atoms with Crippen molar-refractivity contribution in [1.82, 2.24) is 0 Å². The minimum absolute atomic E-state index is 0.000309. The van der Waals surface area contributed by atoms with E-state index in [4.69, 9.17) is 27.9 Å². The Morgan fingerprint density at radius 1 is 1.22 bits per heavy atom. The molecule has 23 heavy (non-hydrogen) atoms. The van der Waals surface area contributed by atoms with Crippen LogP contribution in [0.15, 0.2) is 36.4 Å². The molecule has 0 unspecified atom stereocenters. The second-order valence-electron chi connectivity index (χ2n) is 4.42. The third kappa shape index (κ3) is 3.91. The molecule has 0 saturated heterocycles. The van der Waals surface area contributed by atoms with E-state index in [9.17, 15) is 14.9 Å². The Balaban J connectivity index is 2.32. The molecule has 2 aromatic carbocycles. The van der Waals surface area contributed by atoms with E-state index in [0.717, 1.165) is 6.07 Å². The highest BCUT2D eigenvalue weighted by Crippen LogP contribution is 2.29. The Morgan fingerprint density at radius 2 is 1.87 bits per heavy atom. The topological polar surface area (TPSA) is 78.7 Å². The van der Waals surface area contributed by atoms with Crippen LogP contribution in [0.2, 0.25) is 10.0 Å². The van der Waals surface area contributed by atoms with Crippen molar-refractivity contribution in [2.45, 2.75) is 6.61 Å². The molecule has 0 aliphatic carbocycles. The first kappa shape index (κ1) is 17.1. The van der Waals surface area contributed by atoms with Gasteiger partial charge in [0.05, 0.1) is 12.0 Å². The molecule has 0 amide bonds. The van der Waals surface area contributed by atoms with Gasteiger partial charge in [-0.15, -0.1) is 0 Å². The number of carbonyl (C=O) groups is 1. The van der Waals surface area contributed by atoms with Crippen LogP contribution >= 0.6 is 23.2 Å². The normalized spacial score (nSPS) is 10.2. The van der Waals surface area contributed by atoms with Gasteiger partial charge in [-0.25, -0.2) is 4.79 Å². The van der Waals surface area contributed by atoms with Crippen molar-refractivity contribution in [3.8, 4) is 5.75 Å². The van der Waals surface area contributed by atoms with Crippen LogP contribution in [0.25, 0.3) is 0 Å². The maximum absolute atomic E-state index is 11.8. The Morgan fingerprint density at radius 3 is 2.43 bits per heavy atom. The number of nitrogens with zero attached hydrogens (tertiary/aromatic N) is 1. The lowest BCUT2D eigenvalue weighted by molar-refractivity contribution is -0.384. The van der Waals surface area contributed by atoms with Crippen LogP contribution in [0.3, 0.4) is 0 Å². The lowest BCUT2D eigenvalue weighted by Crippen LogP contribution is -2.07. The minimum Gasteiger partial charge on any atom is -0.488 e. The summed E-state index contributed by atoms with van der Waals surface area (Å²) in [4.78, 5) is 22.0. The first-order chi connectivity index (χ1) is 10.9. The minimum atomic E-state index is -0.742. The number of rotatable bonds is 5. The second-order valence-corrected chi connectivity index (χ2v) is 5.23. The number of carbonyl (C=O) groups excluding carboxylic acids is 1. The number of nitro groups is 1. The van der Waals surface area contributed by atoms with E-state index in [1.54, 1.807) is 18.2 Å². The summed E-state index contributed by atoms with van der Waals surface area (Å²) in [6.07, 6.45) is 0. The second kappa shape index (κ2) is 7.30. The van der Waals surface area contributed by atoms with Crippen molar-refractivity contribution in [2.24, 2.45) is 0 Å². The van der Waals surface area contributed by atoms with Crippen LogP contribution in [0.5, 0.6) is 5.75 Å². The van der Waals surface area contributed by atoms with E-state index in [1.165, 1.54) is 19.2 Å². The van der Waals surface area contributed by atoms with E-state index in [-0.39, 0.29) is 23.6 Å². The summed E-state index contributed by atoms with van der Waals surface area (Å²) < 4.78 is 10.2. The molecule has 0 spiro atoms. The molecule has 0 aromatic heterocycles. The molecule has 0 atom stereocenters. The number of esters is 1. The fraction of sp³-hybridized carbons (Fsp3) is 0.133. The summed E-state index contributed by atoms with van der Waals surface area (Å²) in [5, 5.41) is 11.7. The fourth-order valence-electron chi connectivity index (χ4n) is 1.85. The van der Waals surface area contributed by atoms with Crippen molar-refractivity contribution in [3.63, 3.8) is 0 Å². The SMILES string of the molecule is COC(=O)c1cc([N+](=O)[O-])ccc1OCc1c(Cl)cccc1Cl. The highest BCUT2D eigenvalue weighted by molar-refractivity contribution is 6.35. The maximum Gasteiger partial charge on any atom is 0.341 e. The van der Waals surface area contributed by atoms with Crippen LogP contribution in [0, 0.1) is 10.1 Å². The standard InChI is InChI=1S/C15H11Cl2NO5/c1-22-15(19)10-7-9(18(20)21)5-6-14(10)23-8-11-12(16)3-2-4-13(11)17/h2-7H,8H2,1H3. The number of nitro benzene ring substituents is 1. The number of benzene rings is 2. The third-order valence-corrected chi connectivity index (χ3v) is 3.72. The van der Waals surface area contributed by atoms with Gasteiger partial charge in [-0.1, -0.05) is 29.3 Å². The monoisotopic (exact) mass is 355 g/mol. The smallest absolute Gasteiger partial charge is 0.341 e. The lowest BCUT2D eigenvalue weighted by Gasteiger charge is -2.12.